The standard InChI is InChI=1S/C15H22N2/c1-4-9-17(10-5-1)11-8-13-12-16-15-7-3-2-6-14(13)15/h2-3,6-7,13,16H,1,4-5,8-12H2/t13-/m0/s1. The molecule has 17 heavy (non-hydrogen) atoms. The van der Waals surface area contributed by atoms with Crippen LogP contribution >= 0.6 is 0 Å². The molecule has 0 spiro atoms. The van der Waals surface area contributed by atoms with Crippen LogP contribution in [-0.2, 0) is 0 Å². The molecule has 0 radical (unpaired) electrons. The summed E-state index contributed by atoms with van der Waals surface area (Å²) in [5.74, 6) is 0.730. The zero-order valence-corrected chi connectivity index (χ0v) is 10.5. The minimum atomic E-state index is 0.730. The minimum absolute atomic E-state index is 0.730. The van der Waals surface area contributed by atoms with E-state index in [0.29, 0.717) is 0 Å². The van der Waals surface area contributed by atoms with Crippen molar-refractivity contribution < 1.29 is 0 Å². The van der Waals surface area contributed by atoms with Gasteiger partial charge in [-0.3, -0.25) is 0 Å². The van der Waals surface area contributed by atoms with E-state index in [1.807, 2.05) is 0 Å². The summed E-state index contributed by atoms with van der Waals surface area (Å²) in [5.41, 5.74) is 2.89. The molecular weight excluding hydrogens is 208 g/mol. The van der Waals surface area contributed by atoms with Crippen LogP contribution < -0.4 is 5.32 Å². The highest BCUT2D eigenvalue weighted by Gasteiger charge is 2.22. The number of para-hydroxylation sites is 1. The van der Waals surface area contributed by atoms with Crippen LogP contribution in [0.25, 0.3) is 0 Å². The van der Waals surface area contributed by atoms with Crippen molar-refractivity contribution in [1.29, 1.82) is 0 Å². The third kappa shape index (κ3) is 2.47. The van der Waals surface area contributed by atoms with Crippen molar-refractivity contribution in [3.05, 3.63) is 29.8 Å². The summed E-state index contributed by atoms with van der Waals surface area (Å²) in [6.45, 7) is 5.05. The van der Waals surface area contributed by atoms with Gasteiger partial charge in [-0.05, 0) is 50.5 Å². The average molecular weight is 230 g/mol. The van der Waals surface area contributed by atoms with Crippen LogP contribution in [0.4, 0.5) is 5.69 Å². The summed E-state index contributed by atoms with van der Waals surface area (Å²) < 4.78 is 0. The van der Waals surface area contributed by atoms with Crippen molar-refractivity contribution in [3.8, 4) is 0 Å². The van der Waals surface area contributed by atoms with Gasteiger partial charge in [-0.1, -0.05) is 24.6 Å². The number of likely N-dealkylation sites (tertiary alicyclic amines) is 1. The van der Waals surface area contributed by atoms with Gasteiger partial charge in [-0.25, -0.2) is 0 Å². The zero-order chi connectivity index (χ0) is 11.5. The van der Waals surface area contributed by atoms with Crippen molar-refractivity contribution in [2.45, 2.75) is 31.6 Å². The Kier molecular flexibility index (Phi) is 3.32. The second-order valence-electron chi connectivity index (χ2n) is 5.36. The first-order chi connectivity index (χ1) is 8.43. The Labute approximate surface area is 104 Å². The van der Waals surface area contributed by atoms with Gasteiger partial charge < -0.3 is 10.2 Å². The fraction of sp³-hybridized carbons (Fsp3) is 0.600. The molecule has 3 rings (SSSR count). The Bertz CT molecular complexity index is 369. The zero-order valence-electron chi connectivity index (χ0n) is 10.5. The maximum Gasteiger partial charge on any atom is 0.0376 e. The molecule has 1 N–H and O–H groups in total. The summed E-state index contributed by atoms with van der Waals surface area (Å²) in [6.07, 6.45) is 5.55. The SMILES string of the molecule is c1ccc2c(c1)NC[C@@H]2CCN1CCCCC1. The lowest BCUT2D eigenvalue weighted by Crippen LogP contribution is -2.31. The van der Waals surface area contributed by atoms with Gasteiger partial charge in [-0.2, -0.15) is 0 Å². The Morgan fingerprint density at radius 2 is 1.94 bits per heavy atom. The van der Waals surface area contributed by atoms with Crippen LogP contribution in [0.1, 0.15) is 37.2 Å². The van der Waals surface area contributed by atoms with Gasteiger partial charge in [0.25, 0.3) is 0 Å². The van der Waals surface area contributed by atoms with Crippen molar-refractivity contribution in [2.24, 2.45) is 0 Å². The molecule has 2 nitrogen and oxygen atoms in total. The summed E-state index contributed by atoms with van der Waals surface area (Å²) in [5, 5.41) is 3.52. The van der Waals surface area contributed by atoms with Crippen LogP contribution in [0, 0.1) is 0 Å². The number of rotatable bonds is 3. The lowest BCUT2D eigenvalue weighted by atomic mass is 9.97. The quantitative estimate of drug-likeness (QED) is 0.858. The van der Waals surface area contributed by atoms with Gasteiger partial charge in [0.2, 0.25) is 0 Å². The topological polar surface area (TPSA) is 15.3 Å². The second kappa shape index (κ2) is 5.09. The molecule has 1 saturated heterocycles. The Hall–Kier alpha value is -1.02. The summed E-state index contributed by atoms with van der Waals surface area (Å²) in [6, 6.07) is 8.78. The molecule has 0 saturated carbocycles. The smallest absolute Gasteiger partial charge is 0.0376 e. The summed E-state index contributed by atoms with van der Waals surface area (Å²) in [4.78, 5) is 2.64. The number of fused-ring (bicyclic) bond motifs is 1. The van der Waals surface area contributed by atoms with E-state index >= 15 is 0 Å². The maximum absolute atomic E-state index is 3.52. The molecule has 1 atom stereocenters. The molecule has 0 bridgehead atoms. The number of anilines is 1. The van der Waals surface area contributed by atoms with Crippen molar-refractivity contribution in [3.63, 3.8) is 0 Å². The van der Waals surface area contributed by atoms with E-state index in [-0.39, 0.29) is 0 Å². The number of benzene rings is 1. The normalized spacial score (nSPS) is 24.4. The Morgan fingerprint density at radius 3 is 2.82 bits per heavy atom. The van der Waals surface area contributed by atoms with Crippen molar-refractivity contribution in [2.75, 3.05) is 31.5 Å². The molecule has 1 fully saturated rings. The van der Waals surface area contributed by atoms with E-state index < -0.39 is 0 Å². The van der Waals surface area contributed by atoms with E-state index in [4.69, 9.17) is 0 Å². The molecule has 2 aliphatic heterocycles. The fourth-order valence-corrected chi connectivity index (χ4v) is 3.14. The van der Waals surface area contributed by atoms with Gasteiger partial charge in [0.15, 0.2) is 0 Å². The first kappa shape index (κ1) is 11.1. The van der Waals surface area contributed by atoms with Crippen LogP contribution in [0.2, 0.25) is 0 Å². The molecule has 1 aromatic rings. The number of hydrogen-bond acceptors (Lipinski definition) is 2. The van der Waals surface area contributed by atoms with E-state index in [9.17, 15) is 0 Å². The van der Waals surface area contributed by atoms with E-state index in [2.05, 4.69) is 34.5 Å². The number of nitrogens with one attached hydrogen (secondary N) is 1. The number of piperidine rings is 1. The van der Waals surface area contributed by atoms with E-state index in [1.165, 1.54) is 56.6 Å². The van der Waals surface area contributed by atoms with Gasteiger partial charge in [0.05, 0.1) is 0 Å². The first-order valence-electron chi connectivity index (χ1n) is 6.98. The van der Waals surface area contributed by atoms with Crippen molar-refractivity contribution in [1.82, 2.24) is 4.90 Å². The maximum atomic E-state index is 3.52. The summed E-state index contributed by atoms with van der Waals surface area (Å²) in [7, 11) is 0. The molecular formula is C15H22N2. The molecule has 1 aromatic carbocycles. The van der Waals surface area contributed by atoms with Gasteiger partial charge >= 0.3 is 0 Å². The molecule has 92 valence electrons. The molecule has 2 heterocycles. The highest BCUT2D eigenvalue weighted by molar-refractivity contribution is 5.57. The predicted molar refractivity (Wildman–Crippen MR) is 72.6 cm³/mol. The third-order valence-electron chi connectivity index (χ3n) is 4.18. The van der Waals surface area contributed by atoms with Gasteiger partial charge in [-0.15, -0.1) is 0 Å². The second-order valence-corrected chi connectivity index (χ2v) is 5.36. The Morgan fingerprint density at radius 1 is 1.12 bits per heavy atom. The minimum Gasteiger partial charge on any atom is -0.384 e. The lowest BCUT2D eigenvalue weighted by molar-refractivity contribution is 0.222. The molecule has 0 amide bonds. The van der Waals surface area contributed by atoms with Crippen LogP contribution in [0.5, 0.6) is 0 Å². The molecule has 0 unspecified atom stereocenters. The fourth-order valence-electron chi connectivity index (χ4n) is 3.14. The van der Waals surface area contributed by atoms with Crippen LogP contribution in [0.15, 0.2) is 24.3 Å². The van der Waals surface area contributed by atoms with E-state index in [0.717, 1.165) is 12.5 Å². The predicted octanol–water partition coefficient (Wildman–Crippen LogP) is 3.07. The lowest BCUT2D eigenvalue weighted by Gasteiger charge is -2.27. The molecule has 2 heteroatoms. The highest BCUT2D eigenvalue weighted by Crippen LogP contribution is 2.33. The van der Waals surface area contributed by atoms with Crippen LogP contribution in [0.3, 0.4) is 0 Å². The average Bonchev–Trinajstić information content (AvgIpc) is 2.81. The summed E-state index contributed by atoms with van der Waals surface area (Å²) >= 11 is 0. The van der Waals surface area contributed by atoms with Crippen LogP contribution in [-0.4, -0.2) is 31.1 Å². The van der Waals surface area contributed by atoms with Gasteiger partial charge in [0.1, 0.15) is 0 Å². The molecule has 0 aliphatic carbocycles. The monoisotopic (exact) mass is 230 g/mol. The van der Waals surface area contributed by atoms with Crippen molar-refractivity contribution >= 4 is 5.69 Å². The number of hydrogen-bond donors (Lipinski definition) is 1. The molecule has 0 aromatic heterocycles. The number of nitrogens with zero attached hydrogens (tertiary/aromatic N) is 1. The third-order valence-corrected chi connectivity index (χ3v) is 4.18. The van der Waals surface area contributed by atoms with Gasteiger partial charge in [0, 0.05) is 18.2 Å². The highest BCUT2D eigenvalue weighted by atomic mass is 15.1. The Balaban J connectivity index is 1.56. The molecule has 2 aliphatic rings. The van der Waals surface area contributed by atoms with E-state index in [1.54, 1.807) is 0 Å². The largest absolute Gasteiger partial charge is 0.384 e. The first-order valence-corrected chi connectivity index (χ1v) is 6.98.